The highest BCUT2D eigenvalue weighted by molar-refractivity contribution is 6.31. The van der Waals surface area contributed by atoms with Crippen molar-refractivity contribution >= 4 is 39.8 Å². The van der Waals surface area contributed by atoms with Gasteiger partial charge in [0, 0.05) is 35.5 Å². The molecule has 7 heteroatoms. The van der Waals surface area contributed by atoms with Crippen molar-refractivity contribution in [1.29, 1.82) is 0 Å². The summed E-state index contributed by atoms with van der Waals surface area (Å²) in [6, 6.07) is 15.1. The third kappa shape index (κ3) is 2.91. The molecule has 26 heavy (non-hydrogen) atoms. The number of H-pyrrole nitrogens is 1. The third-order valence-electron chi connectivity index (χ3n) is 4.02. The zero-order chi connectivity index (χ0) is 18.1. The lowest BCUT2D eigenvalue weighted by Gasteiger charge is -2.20. The number of hydrogen-bond donors (Lipinski definition) is 1. The zero-order valence-corrected chi connectivity index (χ0v) is 14.6. The molecule has 0 aliphatic carbocycles. The molecule has 0 radical (unpaired) electrons. The molecule has 2 aromatic carbocycles. The fourth-order valence-electron chi connectivity index (χ4n) is 2.71. The summed E-state index contributed by atoms with van der Waals surface area (Å²) in [7, 11) is 1.89. The van der Waals surface area contributed by atoms with Gasteiger partial charge in [-0.05, 0) is 30.3 Å². The van der Waals surface area contributed by atoms with E-state index in [1.165, 1.54) is 6.20 Å². The molecule has 4 aromatic rings. The van der Waals surface area contributed by atoms with Gasteiger partial charge in [0.25, 0.3) is 5.78 Å². The molecule has 128 valence electrons. The molecule has 0 spiro atoms. The van der Waals surface area contributed by atoms with Crippen LogP contribution in [-0.2, 0) is 0 Å². The monoisotopic (exact) mass is 363 g/mol. The number of carbonyl (C=O) groups excluding carboxylic acids is 1. The highest BCUT2D eigenvalue weighted by atomic mass is 35.5. The van der Waals surface area contributed by atoms with Gasteiger partial charge in [-0.25, -0.2) is 15.0 Å². The average molecular weight is 364 g/mol. The quantitative estimate of drug-likeness (QED) is 0.554. The van der Waals surface area contributed by atoms with Gasteiger partial charge < -0.3 is 9.88 Å². The van der Waals surface area contributed by atoms with Gasteiger partial charge in [-0.1, -0.05) is 29.8 Å². The second-order valence-electron chi connectivity index (χ2n) is 5.69. The van der Waals surface area contributed by atoms with Crippen LogP contribution in [0.5, 0.6) is 0 Å². The van der Waals surface area contributed by atoms with E-state index in [9.17, 15) is 4.79 Å². The maximum absolute atomic E-state index is 12.7. The number of nitrogens with one attached hydrogen (secondary N) is 1. The normalized spacial score (nSPS) is 10.8. The van der Waals surface area contributed by atoms with Crippen LogP contribution in [0.2, 0.25) is 5.02 Å². The van der Waals surface area contributed by atoms with Gasteiger partial charge in [0.15, 0.2) is 5.82 Å². The van der Waals surface area contributed by atoms with E-state index in [1.54, 1.807) is 24.4 Å². The summed E-state index contributed by atoms with van der Waals surface area (Å²) in [5.74, 6) is 0.507. The van der Waals surface area contributed by atoms with E-state index in [0.29, 0.717) is 16.4 Å². The van der Waals surface area contributed by atoms with Crippen LogP contribution >= 0.6 is 11.6 Å². The lowest BCUT2D eigenvalue weighted by molar-refractivity contribution is 0.102. The third-order valence-corrected chi connectivity index (χ3v) is 4.25. The number of carbonyl (C=O) groups is 1. The number of benzene rings is 2. The molecule has 4 rings (SSSR count). The summed E-state index contributed by atoms with van der Waals surface area (Å²) in [6.45, 7) is 0. The van der Waals surface area contributed by atoms with Crippen molar-refractivity contribution in [3.8, 4) is 0 Å². The molecule has 6 nitrogen and oxygen atoms in total. The van der Waals surface area contributed by atoms with E-state index in [4.69, 9.17) is 11.6 Å². The minimum Gasteiger partial charge on any atom is -0.342 e. The number of para-hydroxylation sites is 1. The van der Waals surface area contributed by atoms with Crippen molar-refractivity contribution in [2.75, 3.05) is 11.9 Å². The van der Waals surface area contributed by atoms with Gasteiger partial charge in [-0.3, -0.25) is 4.79 Å². The van der Waals surface area contributed by atoms with E-state index < -0.39 is 0 Å². The molecule has 2 aromatic heterocycles. The number of halogens is 1. The van der Waals surface area contributed by atoms with Crippen LogP contribution in [0.3, 0.4) is 0 Å². The smallest absolute Gasteiger partial charge is 0.265 e. The van der Waals surface area contributed by atoms with E-state index >= 15 is 0 Å². The molecule has 0 aliphatic heterocycles. The first-order valence-corrected chi connectivity index (χ1v) is 8.31. The second kappa shape index (κ2) is 6.57. The lowest BCUT2D eigenvalue weighted by Crippen LogP contribution is -2.16. The Balaban J connectivity index is 1.91. The molecule has 0 aliphatic rings. The Morgan fingerprint density at radius 2 is 1.92 bits per heavy atom. The summed E-state index contributed by atoms with van der Waals surface area (Å²) in [5.41, 5.74) is 1.57. The molecule has 0 saturated carbocycles. The predicted octanol–water partition coefficient (Wildman–Crippen LogP) is 4.01. The van der Waals surface area contributed by atoms with Crippen molar-refractivity contribution in [3.63, 3.8) is 0 Å². The molecule has 0 bridgehead atoms. The first-order chi connectivity index (χ1) is 12.6. The zero-order valence-electron chi connectivity index (χ0n) is 13.8. The summed E-state index contributed by atoms with van der Waals surface area (Å²) in [5, 5.41) is 1.34. The van der Waals surface area contributed by atoms with E-state index in [-0.39, 0.29) is 17.4 Å². The molecule has 0 saturated heterocycles. The largest absolute Gasteiger partial charge is 0.342 e. The molecular weight excluding hydrogens is 350 g/mol. The lowest BCUT2D eigenvalue weighted by atomic mass is 10.2. The van der Waals surface area contributed by atoms with Crippen LogP contribution < -0.4 is 4.90 Å². The van der Waals surface area contributed by atoms with Gasteiger partial charge in [0.1, 0.15) is 5.82 Å². The summed E-state index contributed by atoms with van der Waals surface area (Å²) < 4.78 is 0. The van der Waals surface area contributed by atoms with Gasteiger partial charge in [-0.2, -0.15) is 0 Å². The Morgan fingerprint density at radius 1 is 1.12 bits per heavy atom. The molecule has 0 unspecified atom stereocenters. The highest BCUT2D eigenvalue weighted by Gasteiger charge is 2.20. The fraction of sp³-hybridized carbons (Fsp3) is 0.0526. The van der Waals surface area contributed by atoms with Crippen LogP contribution in [0.4, 0.5) is 11.5 Å². The maximum Gasteiger partial charge on any atom is 0.265 e. The standard InChI is InChI=1S/C19H14ClN5O/c1-25(13-5-3-2-4-6-13)19-14-11-12(20)7-8-15(14)23-18(24-19)16(26)17-21-9-10-22-17/h2-11H,1H3,(H,21,22). The molecule has 2 heterocycles. The topological polar surface area (TPSA) is 74.8 Å². The number of rotatable bonds is 4. The van der Waals surface area contributed by atoms with Crippen LogP contribution in [0, 0.1) is 0 Å². The first kappa shape index (κ1) is 16.2. The summed E-state index contributed by atoms with van der Waals surface area (Å²) in [4.78, 5) is 30.3. The van der Waals surface area contributed by atoms with Gasteiger partial charge in [-0.15, -0.1) is 0 Å². The molecule has 0 fully saturated rings. The minimum absolute atomic E-state index is 0.0764. The second-order valence-corrected chi connectivity index (χ2v) is 6.13. The number of anilines is 2. The van der Waals surface area contributed by atoms with Gasteiger partial charge >= 0.3 is 0 Å². The van der Waals surface area contributed by atoms with Gasteiger partial charge in [0.05, 0.1) is 5.52 Å². The van der Waals surface area contributed by atoms with Crippen molar-refractivity contribution in [2.24, 2.45) is 0 Å². The van der Waals surface area contributed by atoms with E-state index in [0.717, 1.165) is 11.1 Å². The number of nitrogens with zero attached hydrogens (tertiary/aromatic N) is 4. The maximum atomic E-state index is 12.7. The molecular formula is C19H14ClN5O. The molecule has 0 atom stereocenters. The van der Waals surface area contributed by atoms with Crippen LogP contribution in [0.25, 0.3) is 10.9 Å². The number of aromatic nitrogens is 4. The SMILES string of the molecule is CN(c1ccccc1)c1nc(C(=O)c2ncc[nH]2)nc2ccc(Cl)cc12. The number of fused-ring (bicyclic) bond motifs is 1. The van der Waals surface area contributed by atoms with Crippen molar-refractivity contribution in [3.05, 3.63) is 77.6 Å². The Bertz CT molecular complexity index is 1080. The van der Waals surface area contributed by atoms with Crippen LogP contribution in [0.1, 0.15) is 16.4 Å². The number of hydrogen-bond acceptors (Lipinski definition) is 5. The fourth-order valence-corrected chi connectivity index (χ4v) is 2.88. The Hall–Kier alpha value is -3.25. The first-order valence-electron chi connectivity index (χ1n) is 7.93. The Labute approximate surface area is 154 Å². The van der Waals surface area contributed by atoms with Crippen molar-refractivity contribution in [2.45, 2.75) is 0 Å². The van der Waals surface area contributed by atoms with Crippen molar-refractivity contribution in [1.82, 2.24) is 19.9 Å². The summed E-state index contributed by atoms with van der Waals surface area (Å²) >= 11 is 6.17. The van der Waals surface area contributed by atoms with Crippen LogP contribution in [0.15, 0.2) is 60.9 Å². The average Bonchev–Trinajstić information content (AvgIpc) is 3.21. The van der Waals surface area contributed by atoms with Gasteiger partial charge in [0.2, 0.25) is 5.82 Å². The predicted molar refractivity (Wildman–Crippen MR) is 101 cm³/mol. The van der Waals surface area contributed by atoms with E-state index in [2.05, 4.69) is 19.9 Å². The Morgan fingerprint density at radius 3 is 2.65 bits per heavy atom. The molecule has 0 amide bonds. The number of imidazole rings is 1. The summed E-state index contributed by atoms with van der Waals surface area (Å²) in [6.07, 6.45) is 3.11. The highest BCUT2D eigenvalue weighted by Crippen LogP contribution is 2.30. The number of ketones is 1. The Kier molecular flexibility index (Phi) is 4.10. The number of aromatic amines is 1. The van der Waals surface area contributed by atoms with Crippen LogP contribution in [-0.4, -0.2) is 32.8 Å². The van der Waals surface area contributed by atoms with Crippen molar-refractivity contribution < 1.29 is 4.79 Å². The minimum atomic E-state index is -0.366. The molecule has 1 N–H and O–H groups in total. The van der Waals surface area contributed by atoms with E-state index in [1.807, 2.05) is 42.3 Å².